The molecule has 0 unspecified atom stereocenters. The number of carbonyl (C=O) groups is 2. The maximum atomic E-state index is 12.4. The molecule has 0 aliphatic rings. The van der Waals surface area contributed by atoms with Gasteiger partial charge in [-0.05, 0) is 12.0 Å². The molecule has 0 spiro atoms. The summed E-state index contributed by atoms with van der Waals surface area (Å²) in [5.74, 6) is -1.67. The predicted molar refractivity (Wildman–Crippen MR) is 108 cm³/mol. The van der Waals surface area contributed by atoms with Crippen molar-refractivity contribution in [1.29, 1.82) is 0 Å². The van der Waals surface area contributed by atoms with Gasteiger partial charge in [0, 0.05) is 13.6 Å². The van der Waals surface area contributed by atoms with Gasteiger partial charge in [-0.2, -0.15) is 0 Å². The third-order valence-corrected chi connectivity index (χ3v) is 6.12. The van der Waals surface area contributed by atoms with Crippen molar-refractivity contribution in [2.75, 3.05) is 32.2 Å². The lowest BCUT2D eigenvalue weighted by Gasteiger charge is -2.18. The van der Waals surface area contributed by atoms with Crippen molar-refractivity contribution < 1.29 is 27.5 Å². The van der Waals surface area contributed by atoms with E-state index in [1.54, 1.807) is 0 Å². The Morgan fingerprint density at radius 1 is 1.14 bits per heavy atom. The largest absolute Gasteiger partial charge is 0.469 e. The van der Waals surface area contributed by atoms with Crippen molar-refractivity contribution >= 4 is 21.9 Å². The first kappa shape index (κ1) is 23.9. The molecule has 0 aliphatic carbocycles. The van der Waals surface area contributed by atoms with Gasteiger partial charge in [0.05, 0.1) is 24.5 Å². The summed E-state index contributed by atoms with van der Waals surface area (Å²) < 4.78 is 34.7. The average molecular weight is 414 g/mol. The number of benzene rings is 1. The van der Waals surface area contributed by atoms with Crippen LogP contribution in [-0.2, 0) is 30.7 Å². The van der Waals surface area contributed by atoms with Gasteiger partial charge in [0.25, 0.3) is 0 Å². The van der Waals surface area contributed by atoms with E-state index in [1.807, 2.05) is 37.3 Å². The van der Waals surface area contributed by atoms with Crippen LogP contribution in [0.15, 0.2) is 30.3 Å². The molecule has 1 aromatic carbocycles. The van der Waals surface area contributed by atoms with Crippen LogP contribution in [-0.4, -0.2) is 57.6 Å². The van der Waals surface area contributed by atoms with Crippen LogP contribution < -0.4 is 0 Å². The Labute approximate surface area is 167 Å². The SMILES string of the molecule is CCCCC[C@H](CS(=O)(=O)CCN(C)C(=O)OCc1ccccc1)C(=O)OC. The van der Waals surface area contributed by atoms with Gasteiger partial charge in [0.2, 0.25) is 0 Å². The molecule has 0 radical (unpaired) electrons. The Balaban J connectivity index is 2.50. The lowest BCUT2D eigenvalue weighted by atomic mass is 10.0. The molecule has 0 saturated heterocycles. The monoisotopic (exact) mass is 413 g/mol. The molecule has 0 aliphatic heterocycles. The fourth-order valence-electron chi connectivity index (χ4n) is 2.66. The Morgan fingerprint density at radius 3 is 2.43 bits per heavy atom. The average Bonchev–Trinajstić information content (AvgIpc) is 2.69. The fraction of sp³-hybridized carbons (Fsp3) is 0.600. The number of nitrogens with zero attached hydrogens (tertiary/aromatic N) is 1. The molecule has 158 valence electrons. The summed E-state index contributed by atoms with van der Waals surface area (Å²) >= 11 is 0. The second-order valence-electron chi connectivity index (χ2n) is 6.79. The maximum absolute atomic E-state index is 12.4. The molecule has 0 aromatic heterocycles. The number of carbonyl (C=O) groups excluding carboxylic acids is 2. The van der Waals surface area contributed by atoms with Gasteiger partial charge in [0.15, 0.2) is 9.84 Å². The highest BCUT2D eigenvalue weighted by Gasteiger charge is 2.26. The third-order valence-electron chi connectivity index (χ3n) is 4.40. The Kier molecular flexibility index (Phi) is 10.6. The number of rotatable bonds is 12. The number of hydrogen-bond donors (Lipinski definition) is 0. The molecule has 1 aromatic rings. The van der Waals surface area contributed by atoms with Gasteiger partial charge >= 0.3 is 12.1 Å². The highest BCUT2D eigenvalue weighted by molar-refractivity contribution is 7.91. The van der Waals surface area contributed by atoms with E-state index < -0.39 is 27.8 Å². The summed E-state index contributed by atoms with van der Waals surface area (Å²) in [7, 11) is -0.769. The van der Waals surface area contributed by atoms with Gasteiger partial charge in [0.1, 0.15) is 6.61 Å². The molecule has 1 amide bonds. The summed E-state index contributed by atoms with van der Waals surface area (Å²) in [5.41, 5.74) is 0.852. The zero-order valence-corrected chi connectivity index (χ0v) is 17.7. The summed E-state index contributed by atoms with van der Waals surface area (Å²) in [6, 6.07) is 9.23. The van der Waals surface area contributed by atoms with Crippen LogP contribution in [0.2, 0.25) is 0 Å². The van der Waals surface area contributed by atoms with Gasteiger partial charge in [-0.3, -0.25) is 4.79 Å². The van der Waals surface area contributed by atoms with Crippen LogP contribution in [0.1, 0.15) is 38.2 Å². The van der Waals surface area contributed by atoms with Crippen LogP contribution in [0.4, 0.5) is 4.79 Å². The normalized spacial score (nSPS) is 12.2. The molecule has 0 saturated carbocycles. The topological polar surface area (TPSA) is 90.0 Å². The number of amides is 1. The van der Waals surface area contributed by atoms with E-state index in [9.17, 15) is 18.0 Å². The van der Waals surface area contributed by atoms with Crippen LogP contribution >= 0.6 is 0 Å². The molecular formula is C20H31NO6S. The summed E-state index contributed by atoms with van der Waals surface area (Å²) in [4.78, 5) is 25.1. The minimum atomic E-state index is -3.52. The summed E-state index contributed by atoms with van der Waals surface area (Å²) in [6.07, 6.45) is 2.58. The predicted octanol–water partition coefficient (Wildman–Crippen LogP) is 3.04. The first-order valence-electron chi connectivity index (χ1n) is 9.49. The highest BCUT2D eigenvalue weighted by Crippen LogP contribution is 2.15. The standard InChI is InChI=1S/C20H31NO6S/c1-4-5-7-12-18(19(22)26-3)16-28(24,25)14-13-21(2)20(23)27-15-17-10-8-6-9-11-17/h6,8-11,18H,4-5,7,12-16H2,1-3H3/t18-/m1/s1. The van der Waals surface area contributed by atoms with E-state index in [1.165, 1.54) is 19.1 Å². The number of unbranched alkanes of at least 4 members (excludes halogenated alkanes) is 2. The molecule has 7 nitrogen and oxygen atoms in total. The molecule has 28 heavy (non-hydrogen) atoms. The van der Waals surface area contributed by atoms with E-state index in [0.717, 1.165) is 24.8 Å². The van der Waals surface area contributed by atoms with E-state index in [0.29, 0.717) is 6.42 Å². The zero-order valence-electron chi connectivity index (χ0n) is 16.9. The van der Waals surface area contributed by atoms with E-state index in [-0.39, 0.29) is 24.7 Å². The molecule has 0 N–H and O–H groups in total. The van der Waals surface area contributed by atoms with Crippen molar-refractivity contribution in [3.8, 4) is 0 Å². The van der Waals surface area contributed by atoms with E-state index >= 15 is 0 Å². The summed E-state index contributed by atoms with van der Waals surface area (Å²) in [6.45, 7) is 2.16. The van der Waals surface area contributed by atoms with Gasteiger partial charge in [-0.1, -0.05) is 56.5 Å². The zero-order chi connectivity index (χ0) is 21.0. The van der Waals surface area contributed by atoms with Crippen LogP contribution in [0.25, 0.3) is 0 Å². The van der Waals surface area contributed by atoms with Crippen LogP contribution in [0.5, 0.6) is 0 Å². The number of hydrogen-bond acceptors (Lipinski definition) is 6. The minimum Gasteiger partial charge on any atom is -0.469 e. The second-order valence-corrected chi connectivity index (χ2v) is 9.02. The smallest absolute Gasteiger partial charge is 0.409 e. The van der Waals surface area contributed by atoms with Crippen molar-refractivity contribution in [3.63, 3.8) is 0 Å². The highest BCUT2D eigenvalue weighted by atomic mass is 32.2. The van der Waals surface area contributed by atoms with Gasteiger partial charge < -0.3 is 14.4 Å². The third kappa shape index (κ3) is 9.21. The fourth-order valence-corrected chi connectivity index (χ4v) is 4.30. The number of methoxy groups -OCH3 is 1. The number of ether oxygens (including phenoxy) is 2. The number of esters is 1. The Bertz CT molecular complexity index is 705. The lowest BCUT2D eigenvalue weighted by Crippen LogP contribution is -2.34. The molecule has 0 fully saturated rings. The maximum Gasteiger partial charge on any atom is 0.409 e. The van der Waals surface area contributed by atoms with Crippen molar-refractivity contribution in [2.24, 2.45) is 5.92 Å². The second kappa shape index (κ2) is 12.4. The molecule has 0 heterocycles. The number of sulfone groups is 1. The minimum absolute atomic E-state index is 0.00118. The quantitative estimate of drug-likeness (QED) is 0.386. The molecule has 1 atom stereocenters. The van der Waals surface area contributed by atoms with Gasteiger partial charge in [-0.15, -0.1) is 0 Å². The van der Waals surface area contributed by atoms with E-state index in [4.69, 9.17) is 9.47 Å². The first-order chi connectivity index (χ1) is 13.3. The van der Waals surface area contributed by atoms with Crippen LogP contribution in [0.3, 0.4) is 0 Å². The Hall–Kier alpha value is -2.09. The van der Waals surface area contributed by atoms with Crippen molar-refractivity contribution in [1.82, 2.24) is 4.90 Å². The Morgan fingerprint density at radius 2 is 1.82 bits per heavy atom. The van der Waals surface area contributed by atoms with Crippen molar-refractivity contribution in [3.05, 3.63) is 35.9 Å². The first-order valence-corrected chi connectivity index (χ1v) is 11.3. The summed E-state index contributed by atoms with van der Waals surface area (Å²) in [5, 5.41) is 0. The van der Waals surface area contributed by atoms with Crippen LogP contribution in [0, 0.1) is 5.92 Å². The van der Waals surface area contributed by atoms with Gasteiger partial charge in [-0.25, -0.2) is 13.2 Å². The molecule has 8 heteroatoms. The molecule has 0 bridgehead atoms. The molecular weight excluding hydrogens is 382 g/mol. The van der Waals surface area contributed by atoms with Crippen molar-refractivity contribution in [2.45, 2.75) is 39.2 Å². The molecule has 1 rings (SSSR count). The lowest BCUT2D eigenvalue weighted by molar-refractivity contribution is -0.144. The van der Waals surface area contributed by atoms with E-state index in [2.05, 4.69) is 0 Å².